The quantitative estimate of drug-likeness (QED) is 0.482. The lowest BCUT2D eigenvalue weighted by Crippen LogP contribution is -2.43. The number of hydrogen-bond acceptors (Lipinski definition) is 3. The monoisotopic (exact) mass is 423 g/mol. The van der Waals surface area contributed by atoms with Gasteiger partial charge in [0.15, 0.2) is 14.5 Å². The molecule has 0 bridgehead atoms. The molecule has 1 aliphatic heterocycles. The average Bonchev–Trinajstić information content (AvgIpc) is 2.90. The summed E-state index contributed by atoms with van der Waals surface area (Å²) in [5.41, 5.74) is -0.868. The highest BCUT2D eigenvalue weighted by Crippen LogP contribution is 2.43. The summed E-state index contributed by atoms with van der Waals surface area (Å²) >= 11 is 0. The van der Waals surface area contributed by atoms with Crippen LogP contribution in [0.4, 0.5) is 4.39 Å². The highest BCUT2D eigenvalue weighted by atomic mass is 28.4. The first-order chi connectivity index (χ1) is 13.3. The molecule has 1 heterocycles. The fourth-order valence-electron chi connectivity index (χ4n) is 3.50. The van der Waals surface area contributed by atoms with Crippen molar-refractivity contribution in [2.75, 3.05) is 13.2 Å². The van der Waals surface area contributed by atoms with E-state index in [1.54, 1.807) is 6.92 Å². The number of carboxylic acid groups (broad SMARTS) is 1. The maximum absolute atomic E-state index is 15.1. The summed E-state index contributed by atoms with van der Waals surface area (Å²) in [6.07, 6.45) is -1.57. The van der Waals surface area contributed by atoms with Gasteiger partial charge >= 0.3 is 5.97 Å². The molecule has 29 heavy (non-hydrogen) atoms. The molecule has 1 aliphatic rings. The molecule has 1 N–H and O–H groups in total. The van der Waals surface area contributed by atoms with Crippen molar-refractivity contribution in [3.05, 3.63) is 35.9 Å². The van der Waals surface area contributed by atoms with E-state index in [0.29, 0.717) is 13.0 Å². The number of amides is 1. The number of halogens is 1. The van der Waals surface area contributed by atoms with Crippen LogP contribution in [-0.4, -0.2) is 49.5 Å². The Bertz CT molecular complexity index is 734. The average molecular weight is 424 g/mol. The summed E-state index contributed by atoms with van der Waals surface area (Å²) in [4.78, 5) is 26.1. The molecule has 0 radical (unpaired) electrons. The second-order valence-electron chi connectivity index (χ2n) is 9.59. The van der Waals surface area contributed by atoms with Crippen LogP contribution in [-0.2, 0) is 14.0 Å². The number of carboxylic acids is 1. The normalized spacial score (nSPS) is 24.0. The van der Waals surface area contributed by atoms with Crippen molar-refractivity contribution in [3.8, 4) is 0 Å². The van der Waals surface area contributed by atoms with E-state index in [1.165, 1.54) is 4.90 Å². The van der Waals surface area contributed by atoms with Gasteiger partial charge in [0.1, 0.15) is 5.41 Å². The Labute approximate surface area is 174 Å². The molecule has 0 aliphatic carbocycles. The molecular weight excluding hydrogens is 389 g/mol. The maximum atomic E-state index is 15.1. The van der Waals surface area contributed by atoms with Crippen LogP contribution in [0.3, 0.4) is 0 Å². The number of hydrogen-bond donors (Lipinski definition) is 1. The Balaban J connectivity index is 2.11. The molecule has 3 atom stereocenters. The van der Waals surface area contributed by atoms with Crippen molar-refractivity contribution < 1.29 is 23.5 Å². The van der Waals surface area contributed by atoms with Crippen LogP contribution in [0, 0.1) is 5.41 Å². The lowest BCUT2D eigenvalue weighted by atomic mass is 9.81. The van der Waals surface area contributed by atoms with Crippen LogP contribution >= 0.6 is 0 Å². The molecule has 5 nitrogen and oxygen atoms in total. The van der Waals surface area contributed by atoms with E-state index in [9.17, 15) is 14.7 Å². The van der Waals surface area contributed by atoms with Gasteiger partial charge in [0.2, 0.25) is 0 Å². The van der Waals surface area contributed by atoms with Crippen molar-refractivity contribution in [2.24, 2.45) is 5.41 Å². The third-order valence-corrected chi connectivity index (χ3v) is 11.2. The van der Waals surface area contributed by atoms with Gasteiger partial charge < -0.3 is 14.4 Å². The number of nitrogens with zero attached hydrogens (tertiary/aromatic N) is 1. The van der Waals surface area contributed by atoms with E-state index >= 15 is 4.39 Å². The first-order valence-corrected chi connectivity index (χ1v) is 13.1. The lowest BCUT2D eigenvalue weighted by Gasteiger charge is -2.36. The zero-order valence-electron chi connectivity index (χ0n) is 18.4. The van der Waals surface area contributed by atoms with Gasteiger partial charge in [-0.05, 0) is 43.5 Å². The largest absolute Gasteiger partial charge is 0.481 e. The molecule has 1 amide bonds. The number of rotatable bonds is 8. The summed E-state index contributed by atoms with van der Waals surface area (Å²) in [6, 6.07) is 8.90. The van der Waals surface area contributed by atoms with Crippen molar-refractivity contribution >= 4 is 20.2 Å². The summed E-state index contributed by atoms with van der Waals surface area (Å²) in [5.74, 6) is -2.00. The second kappa shape index (κ2) is 8.56. The Kier molecular flexibility index (Phi) is 6.95. The maximum Gasteiger partial charge on any atom is 0.315 e. The van der Waals surface area contributed by atoms with Gasteiger partial charge in [0.25, 0.3) is 5.91 Å². The topological polar surface area (TPSA) is 66.8 Å². The fraction of sp³-hybridized carbons (Fsp3) is 0.636. The number of carbonyl (C=O) groups excluding carboxylic acids is 1. The molecule has 1 unspecified atom stereocenters. The zero-order valence-corrected chi connectivity index (χ0v) is 19.4. The van der Waals surface area contributed by atoms with Gasteiger partial charge in [0.05, 0.1) is 6.04 Å². The molecule has 0 saturated carbocycles. The number of aliphatic carboxylic acids is 1. The van der Waals surface area contributed by atoms with Gasteiger partial charge in [-0.2, -0.15) is 0 Å². The molecule has 0 spiro atoms. The predicted molar refractivity (Wildman–Crippen MR) is 114 cm³/mol. The Hall–Kier alpha value is -1.73. The highest BCUT2D eigenvalue weighted by molar-refractivity contribution is 6.74. The standard InChI is InChI=1S/C22H34FNO4Si/c1-16(17-11-8-7-9-12-17)24-15-22(20(26)27,18(23)19(24)25)13-10-14-28-29(5,6)21(2,3)4/h7-9,11-12,16,18H,10,13-15H2,1-6H3,(H,26,27)/t16-,18?,22-/m1/s1. The summed E-state index contributed by atoms with van der Waals surface area (Å²) in [7, 11) is -1.96. The third kappa shape index (κ3) is 4.72. The lowest BCUT2D eigenvalue weighted by molar-refractivity contribution is -0.153. The molecule has 7 heteroatoms. The van der Waals surface area contributed by atoms with E-state index < -0.39 is 31.8 Å². The summed E-state index contributed by atoms with van der Waals surface area (Å²) in [6.45, 7) is 12.7. The van der Waals surface area contributed by atoms with Gasteiger partial charge in [-0.1, -0.05) is 51.1 Å². The minimum Gasteiger partial charge on any atom is -0.481 e. The van der Waals surface area contributed by atoms with Crippen LogP contribution in [0.25, 0.3) is 0 Å². The Morgan fingerprint density at radius 1 is 1.34 bits per heavy atom. The zero-order chi connectivity index (χ0) is 22.0. The Morgan fingerprint density at radius 2 is 1.93 bits per heavy atom. The molecule has 1 aromatic rings. The van der Waals surface area contributed by atoms with E-state index in [2.05, 4.69) is 33.9 Å². The molecule has 162 valence electrons. The smallest absolute Gasteiger partial charge is 0.315 e. The highest BCUT2D eigenvalue weighted by Gasteiger charge is 2.58. The van der Waals surface area contributed by atoms with Gasteiger partial charge in [-0.15, -0.1) is 0 Å². The molecule has 1 saturated heterocycles. The van der Waals surface area contributed by atoms with Crippen LogP contribution in [0.2, 0.25) is 18.1 Å². The number of carbonyl (C=O) groups is 2. The predicted octanol–water partition coefficient (Wildman–Crippen LogP) is 4.80. The van der Waals surface area contributed by atoms with E-state index in [0.717, 1.165) is 5.56 Å². The van der Waals surface area contributed by atoms with Crippen molar-refractivity contribution in [3.63, 3.8) is 0 Å². The fourth-order valence-corrected chi connectivity index (χ4v) is 4.59. The minimum absolute atomic E-state index is 0.0470. The molecule has 0 aromatic heterocycles. The van der Waals surface area contributed by atoms with Gasteiger partial charge in [0, 0.05) is 13.2 Å². The first kappa shape index (κ1) is 23.5. The third-order valence-electron chi connectivity index (χ3n) is 6.65. The Morgan fingerprint density at radius 3 is 2.45 bits per heavy atom. The molecular formula is C22H34FNO4Si. The van der Waals surface area contributed by atoms with Crippen molar-refractivity contribution in [1.29, 1.82) is 0 Å². The number of benzene rings is 1. The SMILES string of the molecule is C[C@H](c1ccccc1)N1C[C@@](CCCO[Si](C)(C)C(C)(C)C)(C(=O)O)C(F)C1=O. The van der Waals surface area contributed by atoms with E-state index in [1.807, 2.05) is 30.3 Å². The van der Waals surface area contributed by atoms with Crippen LogP contribution in [0.15, 0.2) is 30.3 Å². The molecule has 1 fully saturated rings. The van der Waals surface area contributed by atoms with E-state index in [4.69, 9.17) is 4.43 Å². The summed E-state index contributed by atoms with van der Waals surface area (Å²) < 4.78 is 21.2. The van der Waals surface area contributed by atoms with Crippen molar-refractivity contribution in [1.82, 2.24) is 4.90 Å². The molecule has 2 rings (SSSR count). The van der Waals surface area contributed by atoms with Crippen molar-refractivity contribution in [2.45, 2.75) is 70.9 Å². The molecule has 1 aromatic carbocycles. The number of likely N-dealkylation sites (tertiary alicyclic amines) is 1. The van der Waals surface area contributed by atoms with Crippen LogP contribution in [0.5, 0.6) is 0 Å². The second-order valence-corrected chi connectivity index (χ2v) is 14.4. The number of alkyl halides is 1. The van der Waals surface area contributed by atoms with Crippen LogP contribution < -0.4 is 0 Å². The van der Waals surface area contributed by atoms with Gasteiger partial charge in [-0.25, -0.2) is 4.39 Å². The van der Waals surface area contributed by atoms with Gasteiger partial charge in [-0.3, -0.25) is 9.59 Å². The van der Waals surface area contributed by atoms with E-state index in [-0.39, 0.29) is 24.0 Å². The summed E-state index contributed by atoms with van der Waals surface area (Å²) in [5, 5.41) is 9.91. The minimum atomic E-state index is -2.04. The van der Waals surface area contributed by atoms with Crippen LogP contribution in [0.1, 0.15) is 52.1 Å². The first-order valence-electron chi connectivity index (χ1n) is 10.2.